The second kappa shape index (κ2) is 13.2. The van der Waals surface area contributed by atoms with E-state index in [1.165, 1.54) is 24.3 Å². The highest BCUT2D eigenvalue weighted by Gasteiger charge is 2.17. The van der Waals surface area contributed by atoms with Crippen LogP contribution in [0, 0.1) is 17.3 Å². The van der Waals surface area contributed by atoms with Crippen molar-refractivity contribution in [3.05, 3.63) is 65.2 Å². The minimum Gasteiger partial charge on any atom is -0.492 e. The number of benzene rings is 1. The summed E-state index contributed by atoms with van der Waals surface area (Å²) < 4.78 is 19.1. The third-order valence-electron chi connectivity index (χ3n) is 5.13. The molecule has 0 fully saturated rings. The summed E-state index contributed by atoms with van der Waals surface area (Å²) in [6.45, 7) is 9.75. The molecular weight excluding hydrogens is 407 g/mol. The molecule has 1 amide bonds. The lowest BCUT2D eigenvalue weighted by Gasteiger charge is -2.20. The van der Waals surface area contributed by atoms with Crippen molar-refractivity contribution in [2.75, 3.05) is 26.2 Å². The van der Waals surface area contributed by atoms with Gasteiger partial charge in [-0.15, -0.1) is 0 Å². The summed E-state index contributed by atoms with van der Waals surface area (Å²) in [5.41, 5.74) is 1.02. The fourth-order valence-electron chi connectivity index (χ4n) is 3.28. The number of carbonyl (C=O) groups is 1. The van der Waals surface area contributed by atoms with Crippen LogP contribution in [0.25, 0.3) is 6.08 Å². The number of nitrogens with one attached hydrogen (secondary N) is 1. The van der Waals surface area contributed by atoms with Gasteiger partial charge < -0.3 is 15.0 Å². The van der Waals surface area contributed by atoms with Crippen molar-refractivity contribution in [3.8, 4) is 11.8 Å². The summed E-state index contributed by atoms with van der Waals surface area (Å²) in [4.78, 5) is 18.7. The van der Waals surface area contributed by atoms with Crippen LogP contribution in [0.1, 0.15) is 50.9 Å². The summed E-state index contributed by atoms with van der Waals surface area (Å²) >= 11 is 0. The minimum atomic E-state index is -0.667. The number of nitriles is 1. The van der Waals surface area contributed by atoms with E-state index in [-0.39, 0.29) is 17.3 Å². The molecule has 1 N–H and O–H groups in total. The van der Waals surface area contributed by atoms with Gasteiger partial charge in [-0.1, -0.05) is 45.4 Å². The zero-order valence-corrected chi connectivity index (χ0v) is 19.0. The van der Waals surface area contributed by atoms with E-state index in [9.17, 15) is 14.4 Å². The Morgan fingerprint density at radius 2 is 1.94 bits per heavy atom. The van der Waals surface area contributed by atoms with Crippen molar-refractivity contribution in [2.24, 2.45) is 0 Å². The molecule has 1 aromatic heterocycles. The van der Waals surface area contributed by atoms with Gasteiger partial charge in [-0.05, 0) is 55.4 Å². The molecule has 0 aliphatic carbocycles. The Kier molecular flexibility index (Phi) is 10.3. The van der Waals surface area contributed by atoms with Crippen LogP contribution < -0.4 is 10.1 Å². The van der Waals surface area contributed by atoms with Gasteiger partial charge in [0.25, 0.3) is 5.91 Å². The average molecular weight is 439 g/mol. The number of hydrogen-bond acceptors (Lipinski definition) is 5. The molecule has 6 nitrogen and oxygen atoms in total. The Morgan fingerprint density at radius 1 is 1.22 bits per heavy atom. The van der Waals surface area contributed by atoms with Crippen molar-refractivity contribution in [2.45, 2.75) is 39.7 Å². The second-order valence-corrected chi connectivity index (χ2v) is 7.31. The van der Waals surface area contributed by atoms with E-state index in [1.807, 2.05) is 37.3 Å². The molecule has 2 rings (SSSR count). The Hall–Kier alpha value is -3.24. The molecular formula is C25H31FN4O2. The van der Waals surface area contributed by atoms with Crippen LogP contribution in [-0.4, -0.2) is 42.0 Å². The Bertz CT molecular complexity index is 934. The molecule has 2 aromatic rings. The molecule has 1 atom stereocenters. The summed E-state index contributed by atoms with van der Waals surface area (Å²) in [6, 6.07) is 13.5. The van der Waals surface area contributed by atoms with Crippen molar-refractivity contribution in [3.63, 3.8) is 0 Å². The van der Waals surface area contributed by atoms with Crippen molar-refractivity contribution < 1.29 is 13.9 Å². The number of pyridine rings is 1. The molecule has 0 aliphatic heterocycles. The number of nitrogens with zero attached hydrogens (tertiary/aromatic N) is 3. The highest BCUT2D eigenvalue weighted by Crippen LogP contribution is 2.22. The number of halogens is 1. The van der Waals surface area contributed by atoms with Gasteiger partial charge >= 0.3 is 0 Å². The normalized spacial score (nSPS) is 12.3. The van der Waals surface area contributed by atoms with E-state index in [0.717, 1.165) is 37.4 Å². The first-order valence-electron chi connectivity index (χ1n) is 11.0. The number of likely N-dealkylation sites (N-methyl/N-ethyl adjacent to an activating group) is 1. The third kappa shape index (κ3) is 7.78. The predicted octanol–water partition coefficient (Wildman–Crippen LogP) is 4.51. The summed E-state index contributed by atoms with van der Waals surface area (Å²) in [7, 11) is 0. The molecule has 7 heteroatoms. The van der Waals surface area contributed by atoms with Gasteiger partial charge in [0.05, 0.1) is 11.7 Å². The third-order valence-corrected chi connectivity index (χ3v) is 5.13. The Morgan fingerprint density at radius 3 is 2.53 bits per heavy atom. The van der Waals surface area contributed by atoms with Gasteiger partial charge in [0.1, 0.15) is 24.0 Å². The topological polar surface area (TPSA) is 78.2 Å². The van der Waals surface area contributed by atoms with Crippen LogP contribution in [0.5, 0.6) is 5.75 Å². The summed E-state index contributed by atoms with van der Waals surface area (Å²) in [5, 5.41) is 12.3. The Balaban J connectivity index is 2.05. The van der Waals surface area contributed by atoms with Crippen molar-refractivity contribution in [1.82, 2.24) is 15.2 Å². The number of amides is 1. The molecule has 0 saturated carbocycles. The fourth-order valence-corrected chi connectivity index (χ4v) is 3.28. The van der Waals surface area contributed by atoms with Crippen LogP contribution in [0.3, 0.4) is 0 Å². The van der Waals surface area contributed by atoms with Crippen LogP contribution in [0.15, 0.2) is 48.0 Å². The van der Waals surface area contributed by atoms with Crippen molar-refractivity contribution >= 4 is 12.0 Å². The maximum Gasteiger partial charge on any atom is 0.262 e. The first kappa shape index (κ1) is 25.0. The van der Waals surface area contributed by atoms with Crippen LogP contribution >= 0.6 is 0 Å². The number of ether oxygens (including phenoxy) is 1. The highest BCUT2D eigenvalue weighted by atomic mass is 19.1. The van der Waals surface area contributed by atoms with E-state index < -0.39 is 11.9 Å². The van der Waals surface area contributed by atoms with E-state index in [0.29, 0.717) is 13.0 Å². The van der Waals surface area contributed by atoms with E-state index >= 15 is 0 Å². The largest absolute Gasteiger partial charge is 0.492 e. The second-order valence-electron chi connectivity index (χ2n) is 7.31. The maximum absolute atomic E-state index is 13.3. The quantitative estimate of drug-likeness (QED) is 0.300. The van der Waals surface area contributed by atoms with Gasteiger partial charge in [-0.25, -0.2) is 4.98 Å². The van der Waals surface area contributed by atoms with Gasteiger partial charge in [0.2, 0.25) is 5.95 Å². The standard InChI is InChI=1S/C25H31FN4O2/c1-4-8-23(19-11-13-22(14-12-19)32-16-15-30(5-2)6-3)29-25(31)20(18-27)17-21-9-7-10-24(26)28-21/h7,9-14,17,23H,4-6,8,15-16H2,1-3H3,(H,29,31)/b20-17+. The SMILES string of the molecule is CCCC(NC(=O)/C(C#N)=C/c1cccc(F)n1)c1ccc(OCCN(CC)CC)cc1. The molecule has 0 spiro atoms. The van der Waals surface area contributed by atoms with E-state index in [1.54, 1.807) is 0 Å². The number of hydrogen-bond donors (Lipinski definition) is 1. The summed E-state index contributed by atoms with van der Waals surface area (Å²) in [5.74, 6) is -0.409. The van der Waals surface area contributed by atoms with Crippen LogP contribution in [-0.2, 0) is 4.79 Å². The molecule has 32 heavy (non-hydrogen) atoms. The molecule has 170 valence electrons. The zero-order valence-electron chi connectivity index (χ0n) is 19.0. The highest BCUT2D eigenvalue weighted by molar-refractivity contribution is 6.01. The number of aromatic nitrogens is 1. The molecule has 1 aromatic carbocycles. The predicted molar refractivity (Wildman–Crippen MR) is 123 cm³/mol. The van der Waals surface area contributed by atoms with Gasteiger partial charge in [0.15, 0.2) is 0 Å². The first-order valence-corrected chi connectivity index (χ1v) is 11.0. The van der Waals surface area contributed by atoms with E-state index in [4.69, 9.17) is 4.74 Å². The molecule has 0 saturated heterocycles. The van der Waals surface area contributed by atoms with Gasteiger partial charge in [-0.3, -0.25) is 4.79 Å². The minimum absolute atomic E-state index is 0.124. The number of carbonyl (C=O) groups excluding carboxylic acids is 1. The lowest BCUT2D eigenvalue weighted by atomic mass is 10.0. The Labute approximate surface area is 189 Å². The van der Waals surface area contributed by atoms with Gasteiger partial charge in [0, 0.05) is 6.54 Å². The van der Waals surface area contributed by atoms with Crippen molar-refractivity contribution in [1.29, 1.82) is 5.26 Å². The molecule has 1 heterocycles. The zero-order chi connectivity index (χ0) is 23.3. The summed E-state index contributed by atoms with van der Waals surface area (Å²) in [6.07, 6.45) is 2.85. The monoisotopic (exact) mass is 438 g/mol. The average Bonchev–Trinajstić information content (AvgIpc) is 2.80. The van der Waals surface area contributed by atoms with Crippen LogP contribution in [0.4, 0.5) is 4.39 Å². The fraction of sp³-hybridized carbons (Fsp3) is 0.400. The smallest absolute Gasteiger partial charge is 0.262 e. The molecule has 0 radical (unpaired) electrons. The molecule has 0 aliphatic rings. The lowest BCUT2D eigenvalue weighted by Crippen LogP contribution is -2.29. The molecule has 1 unspecified atom stereocenters. The molecule has 0 bridgehead atoms. The van der Waals surface area contributed by atoms with Gasteiger partial charge in [-0.2, -0.15) is 9.65 Å². The lowest BCUT2D eigenvalue weighted by molar-refractivity contribution is -0.117. The van der Waals surface area contributed by atoms with E-state index in [2.05, 4.69) is 29.0 Å². The van der Waals surface area contributed by atoms with Crippen LogP contribution in [0.2, 0.25) is 0 Å². The first-order chi connectivity index (χ1) is 15.5. The number of rotatable bonds is 12. The maximum atomic E-state index is 13.3.